The number of carbonyl (C=O) groups is 2. The highest BCUT2D eigenvalue weighted by atomic mass is 16.4. The number of carboxylic acid groups (broad SMARTS) is 1. The van der Waals surface area contributed by atoms with E-state index in [1.54, 1.807) is 6.07 Å². The average Bonchev–Trinajstić information content (AvgIpc) is 3.12. The number of amides is 1. The second-order valence-corrected chi connectivity index (χ2v) is 10.4. The minimum Gasteiger partial charge on any atom is -0.477 e. The molecule has 0 bridgehead atoms. The van der Waals surface area contributed by atoms with E-state index in [1.807, 2.05) is 19.1 Å². The van der Waals surface area contributed by atoms with Gasteiger partial charge in [0, 0.05) is 58.8 Å². The summed E-state index contributed by atoms with van der Waals surface area (Å²) in [4.78, 5) is 47.0. The summed E-state index contributed by atoms with van der Waals surface area (Å²) in [5.41, 5.74) is 6.16. The normalized spacial score (nSPS) is 16.6. The van der Waals surface area contributed by atoms with Crippen LogP contribution in [0.15, 0.2) is 41.3 Å². The summed E-state index contributed by atoms with van der Waals surface area (Å²) in [6.07, 6.45) is 3.18. The Bertz CT molecular complexity index is 1430. The van der Waals surface area contributed by atoms with Gasteiger partial charge in [-0.15, -0.1) is 0 Å². The van der Waals surface area contributed by atoms with Gasteiger partial charge < -0.3 is 20.3 Å². The quantitative estimate of drug-likeness (QED) is 0.386. The van der Waals surface area contributed by atoms with Gasteiger partial charge in [-0.3, -0.25) is 9.59 Å². The van der Waals surface area contributed by atoms with Gasteiger partial charge in [-0.05, 0) is 75.1 Å². The number of nitrogens with one attached hydrogen (secondary N) is 2. The summed E-state index contributed by atoms with van der Waals surface area (Å²) in [7, 11) is 0. The maximum Gasteiger partial charge on any atom is 0.354 e. The average molecular weight is 517 g/mol. The number of pyridine rings is 2. The van der Waals surface area contributed by atoms with Crippen molar-refractivity contribution in [2.45, 2.75) is 78.9 Å². The Balaban J connectivity index is 1.77. The molecule has 0 radical (unpaired) electrons. The van der Waals surface area contributed by atoms with Crippen molar-refractivity contribution in [2.24, 2.45) is 0 Å². The molecule has 4 rings (SSSR count). The van der Waals surface area contributed by atoms with E-state index in [0.717, 1.165) is 46.5 Å². The molecule has 1 aliphatic rings. The number of rotatable bonds is 8. The van der Waals surface area contributed by atoms with Crippen molar-refractivity contribution >= 4 is 17.6 Å². The third-order valence-electron chi connectivity index (χ3n) is 7.48. The Hall–Kier alpha value is -3.94. The number of aromatic nitrogens is 2. The summed E-state index contributed by atoms with van der Waals surface area (Å²) in [5.74, 6) is -1.22. The number of benzene rings is 1. The maximum atomic E-state index is 13.7. The molecular weight excluding hydrogens is 480 g/mol. The molecular formula is C30H36N4O4. The number of aromatic amines is 1. The number of fused-ring (bicyclic) bond motifs is 1. The third kappa shape index (κ3) is 5.08. The van der Waals surface area contributed by atoms with Gasteiger partial charge in [-0.25, -0.2) is 9.78 Å². The molecule has 0 fully saturated rings. The van der Waals surface area contributed by atoms with Crippen molar-refractivity contribution in [2.75, 3.05) is 4.90 Å². The number of carbonyl (C=O) groups excluding carboxylic acids is 1. The van der Waals surface area contributed by atoms with Gasteiger partial charge in [-0.1, -0.05) is 26.3 Å². The first kappa shape index (κ1) is 27.1. The van der Waals surface area contributed by atoms with E-state index in [0.29, 0.717) is 11.1 Å². The highest BCUT2D eigenvalue weighted by Gasteiger charge is 2.37. The van der Waals surface area contributed by atoms with E-state index in [4.69, 9.17) is 0 Å². The van der Waals surface area contributed by atoms with Crippen LogP contribution in [0.5, 0.6) is 0 Å². The minimum atomic E-state index is -1.09. The van der Waals surface area contributed by atoms with Crippen molar-refractivity contribution < 1.29 is 14.7 Å². The van der Waals surface area contributed by atoms with Crippen LogP contribution in [0.1, 0.15) is 90.2 Å². The van der Waals surface area contributed by atoms with Crippen LogP contribution in [0.3, 0.4) is 0 Å². The second-order valence-electron chi connectivity index (χ2n) is 10.4. The zero-order valence-corrected chi connectivity index (χ0v) is 22.9. The van der Waals surface area contributed by atoms with Crippen molar-refractivity contribution in [3.63, 3.8) is 0 Å². The molecule has 200 valence electrons. The number of H-pyrrole nitrogens is 1. The van der Waals surface area contributed by atoms with E-state index in [2.05, 4.69) is 60.9 Å². The highest BCUT2D eigenvalue weighted by Crippen LogP contribution is 2.46. The third-order valence-corrected chi connectivity index (χ3v) is 7.48. The molecule has 8 nitrogen and oxygen atoms in total. The Kier molecular flexibility index (Phi) is 7.71. The van der Waals surface area contributed by atoms with Crippen molar-refractivity contribution in [3.8, 4) is 11.1 Å². The van der Waals surface area contributed by atoms with Crippen molar-refractivity contribution in [3.05, 3.63) is 80.5 Å². The van der Waals surface area contributed by atoms with Crippen LogP contribution in [0.4, 0.5) is 5.69 Å². The van der Waals surface area contributed by atoms with Crippen LogP contribution < -0.4 is 15.8 Å². The number of anilines is 1. The second kappa shape index (κ2) is 10.8. The number of aromatic carboxylic acids is 1. The Labute approximate surface area is 223 Å². The number of hydrogen-bond acceptors (Lipinski definition) is 5. The van der Waals surface area contributed by atoms with Crippen LogP contribution in [-0.4, -0.2) is 39.0 Å². The molecule has 1 aromatic carbocycles. The molecule has 0 saturated carbocycles. The van der Waals surface area contributed by atoms with Gasteiger partial charge in [0.1, 0.15) is 5.69 Å². The molecule has 3 heterocycles. The first-order valence-corrected chi connectivity index (χ1v) is 13.2. The number of carboxylic acids is 1. The van der Waals surface area contributed by atoms with Crippen molar-refractivity contribution in [1.29, 1.82) is 0 Å². The maximum absolute atomic E-state index is 13.7. The summed E-state index contributed by atoms with van der Waals surface area (Å²) in [6, 6.07) is 9.48. The molecule has 0 saturated heterocycles. The van der Waals surface area contributed by atoms with E-state index in [1.165, 1.54) is 12.3 Å². The lowest BCUT2D eigenvalue weighted by molar-refractivity contribution is 0.0690. The Morgan fingerprint density at radius 3 is 2.50 bits per heavy atom. The predicted octanol–water partition coefficient (Wildman–Crippen LogP) is 5.05. The smallest absolute Gasteiger partial charge is 0.354 e. The number of aryl methyl sites for hydroxylation is 2. The van der Waals surface area contributed by atoms with Crippen LogP contribution in [0.25, 0.3) is 11.1 Å². The Morgan fingerprint density at radius 1 is 1.16 bits per heavy atom. The minimum absolute atomic E-state index is 0.0369. The summed E-state index contributed by atoms with van der Waals surface area (Å²) >= 11 is 0. The molecule has 38 heavy (non-hydrogen) atoms. The van der Waals surface area contributed by atoms with Gasteiger partial charge in [0.15, 0.2) is 0 Å². The molecule has 0 aliphatic carbocycles. The van der Waals surface area contributed by atoms with Gasteiger partial charge in [0.2, 0.25) is 0 Å². The zero-order chi connectivity index (χ0) is 27.7. The monoisotopic (exact) mass is 516 g/mol. The van der Waals surface area contributed by atoms with Gasteiger partial charge in [0.05, 0.1) is 0 Å². The molecule has 2 atom stereocenters. The lowest BCUT2D eigenvalue weighted by atomic mass is 9.90. The van der Waals surface area contributed by atoms with E-state index >= 15 is 0 Å². The first-order valence-electron chi connectivity index (χ1n) is 13.2. The Morgan fingerprint density at radius 2 is 1.89 bits per heavy atom. The van der Waals surface area contributed by atoms with E-state index in [9.17, 15) is 19.5 Å². The molecule has 8 heteroatoms. The van der Waals surface area contributed by atoms with Crippen LogP contribution in [0.2, 0.25) is 0 Å². The van der Waals surface area contributed by atoms with Crippen LogP contribution in [0, 0.1) is 6.92 Å². The van der Waals surface area contributed by atoms with Crippen molar-refractivity contribution in [1.82, 2.24) is 15.3 Å². The largest absolute Gasteiger partial charge is 0.477 e. The molecule has 1 unspecified atom stereocenters. The molecule has 1 amide bonds. The molecule has 3 N–H and O–H groups in total. The van der Waals surface area contributed by atoms with Crippen LogP contribution >= 0.6 is 0 Å². The summed E-state index contributed by atoms with van der Waals surface area (Å²) in [5, 5.41) is 12.3. The lowest BCUT2D eigenvalue weighted by Crippen LogP contribution is -2.36. The molecule has 3 aromatic rings. The molecule has 0 spiro atoms. The fraction of sp³-hybridized carbons (Fsp3) is 0.400. The lowest BCUT2D eigenvalue weighted by Gasteiger charge is -2.30. The summed E-state index contributed by atoms with van der Waals surface area (Å²) < 4.78 is 0. The molecule has 2 aromatic heterocycles. The fourth-order valence-electron chi connectivity index (χ4n) is 5.56. The fourth-order valence-corrected chi connectivity index (χ4v) is 5.56. The topological polar surface area (TPSA) is 115 Å². The highest BCUT2D eigenvalue weighted by molar-refractivity contribution is 6.00. The van der Waals surface area contributed by atoms with Gasteiger partial charge in [0.25, 0.3) is 11.5 Å². The summed E-state index contributed by atoms with van der Waals surface area (Å²) in [6.45, 7) is 12.6. The van der Waals surface area contributed by atoms with E-state index in [-0.39, 0.29) is 41.7 Å². The molecule has 1 aliphatic heterocycles. The van der Waals surface area contributed by atoms with Gasteiger partial charge >= 0.3 is 5.97 Å². The van der Waals surface area contributed by atoms with Crippen LogP contribution in [-0.2, 0) is 13.0 Å². The standard InChI is InChI=1S/C30H36N4O4/c1-7-8-20-11-17(4)33-29(36)24(20)15-32-28(35)23-12-22(21-9-10-25(30(37)38)31-14-21)13-26-27(23)18(5)19(6)34(26)16(2)3/h9-14,16,18-19H,7-8,15H2,1-6H3,(H,32,35)(H,33,36)(H,37,38)/t18?,19-/m1/s1. The number of nitrogens with zero attached hydrogens (tertiary/aromatic N) is 2. The number of hydrogen-bond donors (Lipinski definition) is 3. The van der Waals surface area contributed by atoms with Gasteiger partial charge in [-0.2, -0.15) is 0 Å². The predicted molar refractivity (Wildman–Crippen MR) is 149 cm³/mol. The zero-order valence-electron chi connectivity index (χ0n) is 22.9. The SMILES string of the molecule is CCCc1cc(C)[nH]c(=O)c1CNC(=O)c1cc(-c2ccc(C(=O)O)nc2)cc2c1C(C)[C@@H](C)N2C(C)C. The van der Waals surface area contributed by atoms with E-state index < -0.39 is 5.97 Å². The first-order chi connectivity index (χ1) is 18.0.